The summed E-state index contributed by atoms with van der Waals surface area (Å²) in [4.78, 5) is 6.81. The summed E-state index contributed by atoms with van der Waals surface area (Å²) in [5, 5.41) is 9.76. The van der Waals surface area contributed by atoms with Crippen molar-refractivity contribution in [1.29, 1.82) is 0 Å². The van der Waals surface area contributed by atoms with Gasteiger partial charge in [-0.15, -0.1) is 22.8 Å². The third-order valence-corrected chi connectivity index (χ3v) is 3.77. The lowest BCUT2D eigenvalue weighted by Crippen LogP contribution is -2.10. The van der Waals surface area contributed by atoms with Crippen LogP contribution in [0.15, 0.2) is 29.4 Å². The molecule has 0 saturated carbocycles. The lowest BCUT2D eigenvalue weighted by Gasteiger charge is -2.18. The number of aryl methyl sites for hydroxylation is 2. The van der Waals surface area contributed by atoms with Gasteiger partial charge in [0.05, 0.1) is 11.2 Å². The van der Waals surface area contributed by atoms with Crippen molar-refractivity contribution in [2.45, 2.75) is 19.0 Å². The molecule has 0 bridgehead atoms. The largest absolute Gasteiger partial charge is 0.377 e. The minimum Gasteiger partial charge on any atom is -0.377 e. The van der Waals surface area contributed by atoms with Crippen molar-refractivity contribution in [2.75, 3.05) is 19.0 Å². The van der Waals surface area contributed by atoms with Crippen molar-refractivity contribution >= 4 is 29.2 Å². The monoisotopic (exact) mass is 299 g/mol. The molecular weight excluding hydrogens is 282 g/mol. The van der Waals surface area contributed by atoms with Gasteiger partial charge in [0.15, 0.2) is 5.16 Å². The predicted molar refractivity (Wildman–Crippen MR) is 87.7 cm³/mol. The molecule has 0 atom stereocenters. The number of benzene rings is 1. The number of nitrogens with zero attached hydrogens (tertiary/aromatic N) is 5. The van der Waals surface area contributed by atoms with Gasteiger partial charge in [-0.05, 0) is 38.1 Å². The predicted octanol–water partition coefficient (Wildman–Crippen LogP) is 2.79. The van der Waals surface area contributed by atoms with Crippen LogP contribution in [0.1, 0.15) is 11.5 Å². The fourth-order valence-electron chi connectivity index (χ4n) is 2.49. The molecule has 0 amide bonds. The second-order valence-electron chi connectivity index (χ2n) is 5.23. The third kappa shape index (κ3) is 2.25. The number of fused-ring (bicyclic) bond motifs is 1. The molecular formula is C15H17N5S. The molecule has 0 aliphatic rings. The number of thiol groups is 1. The topological polar surface area (TPSA) is 46.8 Å². The fourth-order valence-corrected chi connectivity index (χ4v) is 2.79. The molecule has 3 rings (SSSR count). The Labute approximate surface area is 129 Å². The SMILES string of the molecule is Cc1ccc2c(N(C)C)ccc(-n3c(C)nnc3S)c2n1. The summed E-state index contributed by atoms with van der Waals surface area (Å²) in [5.41, 5.74) is 3.99. The van der Waals surface area contributed by atoms with E-state index in [1.54, 1.807) is 0 Å². The zero-order valence-electron chi connectivity index (χ0n) is 12.5. The van der Waals surface area contributed by atoms with Crippen LogP contribution in [-0.2, 0) is 0 Å². The van der Waals surface area contributed by atoms with E-state index >= 15 is 0 Å². The molecule has 0 fully saturated rings. The average Bonchev–Trinajstić information content (AvgIpc) is 2.77. The van der Waals surface area contributed by atoms with Crippen LogP contribution in [0.4, 0.5) is 5.69 Å². The van der Waals surface area contributed by atoms with Crippen LogP contribution in [0.3, 0.4) is 0 Å². The van der Waals surface area contributed by atoms with Crippen LogP contribution < -0.4 is 4.90 Å². The first-order valence-corrected chi connectivity index (χ1v) is 7.13. The van der Waals surface area contributed by atoms with Crippen molar-refractivity contribution < 1.29 is 0 Å². The highest BCUT2D eigenvalue weighted by Gasteiger charge is 2.14. The molecule has 0 aliphatic carbocycles. The summed E-state index contributed by atoms with van der Waals surface area (Å²) < 4.78 is 1.91. The van der Waals surface area contributed by atoms with E-state index < -0.39 is 0 Å². The summed E-state index contributed by atoms with van der Waals surface area (Å²) in [6.45, 7) is 3.90. The summed E-state index contributed by atoms with van der Waals surface area (Å²) in [6.07, 6.45) is 0. The lowest BCUT2D eigenvalue weighted by molar-refractivity contribution is 0.877. The number of hydrogen-bond acceptors (Lipinski definition) is 5. The van der Waals surface area contributed by atoms with Crippen LogP contribution in [0, 0.1) is 13.8 Å². The van der Waals surface area contributed by atoms with Crippen molar-refractivity contribution in [3.63, 3.8) is 0 Å². The maximum Gasteiger partial charge on any atom is 0.192 e. The molecule has 0 saturated heterocycles. The van der Waals surface area contributed by atoms with Gasteiger partial charge in [-0.1, -0.05) is 0 Å². The molecule has 0 radical (unpaired) electrons. The Bertz CT molecular complexity index is 803. The minimum atomic E-state index is 0.565. The number of hydrogen-bond donors (Lipinski definition) is 1. The van der Waals surface area contributed by atoms with Gasteiger partial charge in [-0.2, -0.15) is 0 Å². The Morgan fingerprint density at radius 3 is 2.43 bits per heavy atom. The maximum absolute atomic E-state index is 4.72. The van der Waals surface area contributed by atoms with Crippen LogP contribution in [0.2, 0.25) is 0 Å². The van der Waals surface area contributed by atoms with Gasteiger partial charge in [0, 0.05) is 30.9 Å². The Morgan fingerprint density at radius 2 is 1.81 bits per heavy atom. The fraction of sp³-hybridized carbons (Fsp3) is 0.267. The quantitative estimate of drug-likeness (QED) is 0.739. The summed E-state index contributed by atoms with van der Waals surface area (Å²) >= 11 is 4.40. The summed E-state index contributed by atoms with van der Waals surface area (Å²) in [5.74, 6) is 0.794. The average molecular weight is 299 g/mol. The van der Waals surface area contributed by atoms with Gasteiger partial charge in [0.1, 0.15) is 5.82 Å². The van der Waals surface area contributed by atoms with E-state index in [1.165, 1.54) is 0 Å². The van der Waals surface area contributed by atoms with Gasteiger partial charge in [0.2, 0.25) is 0 Å². The van der Waals surface area contributed by atoms with Crippen molar-refractivity contribution in [3.8, 4) is 5.69 Å². The van der Waals surface area contributed by atoms with Gasteiger partial charge in [-0.25, -0.2) is 0 Å². The molecule has 108 valence electrons. The zero-order valence-corrected chi connectivity index (χ0v) is 13.4. The van der Waals surface area contributed by atoms with Gasteiger partial charge >= 0.3 is 0 Å². The number of pyridine rings is 1. The van der Waals surface area contributed by atoms with Gasteiger partial charge < -0.3 is 4.90 Å². The molecule has 0 unspecified atom stereocenters. The Morgan fingerprint density at radius 1 is 1.05 bits per heavy atom. The first-order chi connectivity index (χ1) is 9.99. The van der Waals surface area contributed by atoms with E-state index in [-0.39, 0.29) is 0 Å². The van der Waals surface area contributed by atoms with E-state index in [0.717, 1.165) is 33.8 Å². The number of rotatable bonds is 2. The van der Waals surface area contributed by atoms with E-state index in [1.807, 2.05) is 44.6 Å². The Kier molecular flexibility index (Phi) is 3.33. The van der Waals surface area contributed by atoms with Crippen LogP contribution >= 0.6 is 12.6 Å². The highest BCUT2D eigenvalue weighted by Crippen LogP contribution is 2.31. The van der Waals surface area contributed by atoms with Gasteiger partial charge in [0.25, 0.3) is 0 Å². The summed E-state index contributed by atoms with van der Waals surface area (Å²) in [6, 6.07) is 8.26. The van der Waals surface area contributed by atoms with Crippen molar-refractivity contribution in [3.05, 3.63) is 35.8 Å². The molecule has 0 aliphatic heterocycles. The normalized spacial score (nSPS) is 11.1. The molecule has 3 aromatic rings. The number of anilines is 1. The maximum atomic E-state index is 4.72. The summed E-state index contributed by atoms with van der Waals surface area (Å²) in [7, 11) is 4.06. The molecule has 0 spiro atoms. The smallest absolute Gasteiger partial charge is 0.192 e. The van der Waals surface area contributed by atoms with Crippen molar-refractivity contribution in [2.24, 2.45) is 0 Å². The molecule has 6 heteroatoms. The molecule has 21 heavy (non-hydrogen) atoms. The molecule has 0 N–H and O–H groups in total. The highest BCUT2D eigenvalue weighted by atomic mass is 32.1. The molecule has 2 aromatic heterocycles. The Balaban J connectivity index is 2.40. The van der Waals surface area contributed by atoms with Crippen LogP contribution in [0.5, 0.6) is 0 Å². The first-order valence-electron chi connectivity index (χ1n) is 6.68. The lowest BCUT2D eigenvalue weighted by atomic mass is 10.1. The van der Waals surface area contributed by atoms with Crippen LogP contribution in [-0.4, -0.2) is 33.8 Å². The second kappa shape index (κ2) is 5.04. The highest BCUT2D eigenvalue weighted by molar-refractivity contribution is 7.80. The number of aromatic nitrogens is 4. The standard InChI is InChI=1S/C15H17N5S/c1-9-5-6-11-12(19(3)4)7-8-13(14(11)16-9)20-10(2)17-18-15(20)21/h5-8H,1-4H3,(H,18,21). The second-order valence-corrected chi connectivity index (χ2v) is 5.63. The molecule has 1 aromatic carbocycles. The minimum absolute atomic E-state index is 0.565. The van der Waals surface area contributed by atoms with E-state index in [4.69, 9.17) is 4.98 Å². The van der Waals surface area contributed by atoms with E-state index in [9.17, 15) is 0 Å². The van der Waals surface area contributed by atoms with Crippen LogP contribution in [0.25, 0.3) is 16.6 Å². The molecule has 2 heterocycles. The first kappa shape index (κ1) is 13.9. The van der Waals surface area contributed by atoms with Gasteiger partial charge in [-0.3, -0.25) is 9.55 Å². The van der Waals surface area contributed by atoms with E-state index in [2.05, 4.69) is 39.9 Å². The zero-order chi connectivity index (χ0) is 15.1. The van der Waals surface area contributed by atoms with Crippen molar-refractivity contribution in [1.82, 2.24) is 19.7 Å². The van der Waals surface area contributed by atoms with E-state index in [0.29, 0.717) is 5.16 Å². The molecule has 5 nitrogen and oxygen atoms in total. The Hall–Kier alpha value is -2.08. The third-order valence-electron chi connectivity index (χ3n) is 3.48.